The van der Waals surface area contributed by atoms with E-state index in [0.717, 1.165) is 0 Å². The monoisotopic (exact) mass is 608 g/mol. The Labute approximate surface area is 281 Å². The van der Waals surface area contributed by atoms with E-state index >= 15 is 0 Å². The van der Waals surface area contributed by atoms with Crippen LogP contribution in [0.25, 0.3) is 88.0 Å². The van der Waals surface area contributed by atoms with Crippen LogP contribution in [0.2, 0.25) is 0 Å². The molecule has 9 rings (SSSR count). The van der Waals surface area contributed by atoms with E-state index in [1.807, 2.05) is 0 Å². The molecule has 0 aliphatic carbocycles. The van der Waals surface area contributed by atoms with Crippen LogP contribution in [0.5, 0.6) is 0 Å². The Balaban J connectivity index is 1.30. The van der Waals surface area contributed by atoms with Crippen molar-refractivity contribution in [2.24, 2.45) is 0 Å². The summed E-state index contributed by atoms with van der Waals surface area (Å²) in [6, 6.07) is 70.7. The van der Waals surface area contributed by atoms with Crippen molar-refractivity contribution in [1.82, 2.24) is 0 Å². The van der Waals surface area contributed by atoms with Gasteiger partial charge in [-0.2, -0.15) is 0 Å². The Morgan fingerprint density at radius 3 is 1.25 bits per heavy atom. The van der Waals surface area contributed by atoms with Gasteiger partial charge in [0.1, 0.15) is 0 Å². The molecule has 9 aromatic carbocycles. The average Bonchev–Trinajstić information content (AvgIpc) is 3.17. The quantitative estimate of drug-likeness (QED) is 0.171. The molecule has 0 nitrogen and oxygen atoms in total. The Kier molecular flexibility index (Phi) is 6.91. The first-order valence-corrected chi connectivity index (χ1v) is 16.6. The van der Waals surface area contributed by atoms with Crippen molar-refractivity contribution in [2.75, 3.05) is 0 Å². The summed E-state index contributed by atoms with van der Waals surface area (Å²) in [6.07, 6.45) is 0. The lowest BCUT2D eigenvalue weighted by atomic mass is 9.83. The van der Waals surface area contributed by atoms with Crippen LogP contribution in [0.15, 0.2) is 194 Å². The summed E-state index contributed by atoms with van der Waals surface area (Å²) in [6.45, 7) is 0. The maximum atomic E-state index is 2.41. The molecule has 0 N–H and O–H groups in total. The summed E-state index contributed by atoms with van der Waals surface area (Å²) in [5.41, 5.74) is 12.4. The van der Waals surface area contributed by atoms with Crippen LogP contribution in [-0.2, 0) is 0 Å². The Morgan fingerprint density at radius 2 is 0.625 bits per heavy atom. The van der Waals surface area contributed by atoms with E-state index in [-0.39, 0.29) is 0 Å². The second-order valence-corrected chi connectivity index (χ2v) is 12.5. The second kappa shape index (κ2) is 11.8. The maximum absolute atomic E-state index is 2.41. The van der Waals surface area contributed by atoms with Crippen molar-refractivity contribution < 1.29 is 0 Å². The third-order valence-corrected chi connectivity index (χ3v) is 9.69. The summed E-state index contributed by atoms with van der Waals surface area (Å²) in [7, 11) is 0. The number of rotatable bonds is 5. The highest BCUT2D eigenvalue weighted by Crippen LogP contribution is 2.46. The largest absolute Gasteiger partial charge is 0.0622 e. The predicted octanol–water partition coefficient (Wildman–Crippen LogP) is 13.5. The average molecular weight is 609 g/mol. The normalized spacial score (nSPS) is 11.3. The Bertz CT molecular complexity index is 2550. The molecular formula is C48H32. The molecule has 9 aromatic rings. The van der Waals surface area contributed by atoms with E-state index in [1.165, 1.54) is 88.0 Å². The fraction of sp³-hybridized carbons (Fsp3) is 0. The highest BCUT2D eigenvalue weighted by atomic mass is 14.2. The molecule has 224 valence electrons. The standard InChI is InChI=1S/C48H32/c1-3-12-33(13-4-1)35-22-24-37(25-23-35)40-30-31-45-46(32-40)48(42-21-11-17-38-16-7-8-18-41(38)42)44-20-10-9-19-43(44)47(45)39-28-26-36(27-29-39)34-14-5-2-6-15-34/h1-32H. The van der Waals surface area contributed by atoms with Gasteiger partial charge in [-0.1, -0.05) is 188 Å². The molecule has 0 heterocycles. The molecule has 0 atom stereocenters. The van der Waals surface area contributed by atoms with E-state index in [1.54, 1.807) is 0 Å². The summed E-state index contributed by atoms with van der Waals surface area (Å²) in [5, 5.41) is 7.57. The molecule has 0 aliphatic heterocycles. The van der Waals surface area contributed by atoms with Crippen molar-refractivity contribution in [2.45, 2.75) is 0 Å². The number of fused-ring (bicyclic) bond motifs is 3. The van der Waals surface area contributed by atoms with Gasteiger partial charge in [0.15, 0.2) is 0 Å². The first-order chi connectivity index (χ1) is 23.8. The zero-order chi connectivity index (χ0) is 31.9. The van der Waals surface area contributed by atoms with Crippen LogP contribution in [0, 0.1) is 0 Å². The van der Waals surface area contributed by atoms with Crippen LogP contribution in [-0.4, -0.2) is 0 Å². The van der Waals surface area contributed by atoms with Gasteiger partial charge in [-0.3, -0.25) is 0 Å². The zero-order valence-corrected chi connectivity index (χ0v) is 26.5. The molecule has 0 radical (unpaired) electrons. The lowest BCUT2D eigenvalue weighted by Gasteiger charge is -2.20. The van der Waals surface area contributed by atoms with E-state index < -0.39 is 0 Å². The van der Waals surface area contributed by atoms with Crippen molar-refractivity contribution in [3.05, 3.63) is 194 Å². The van der Waals surface area contributed by atoms with E-state index in [9.17, 15) is 0 Å². The zero-order valence-electron chi connectivity index (χ0n) is 26.5. The minimum Gasteiger partial charge on any atom is -0.0622 e. The first kappa shape index (κ1) is 28.0. The molecule has 48 heavy (non-hydrogen) atoms. The molecule has 0 saturated heterocycles. The minimum absolute atomic E-state index is 1.21. The van der Waals surface area contributed by atoms with Gasteiger partial charge in [0.25, 0.3) is 0 Å². The third kappa shape index (κ3) is 4.87. The molecule has 0 heteroatoms. The van der Waals surface area contributed by atoms with E-state index in [2.05, 4.69) is 194 Å². The molecule has 0 aliphatic rings. The Morgan fingerprint density at radius 1 is 0.208 bits per heavy atom. The van der Waals surface area contributed by atoms with Crippen LogP contribution < -0.4 is 0 Å². The predicted molar refractivity (Wildman–Crippen MR) is 206 cm³/mol. The first-order valence-electron chi connectivity index (χ1n) is 16.6. The van der Waals surface area contributed by atoms with Gasteiger partial charge in [0, 0.05) is 0 Å². The molecule has 0 spiro atoms. The SMILES string of the molecule is c1ccc(-c2ccc(-c3ccc4c(-c5ccc(-c6ccccc6)cc5)c5ccccc5c(-c5cccc6ccccc56)c4c3)cc2)cc1. The topological polar surface area (TPSA) is 0 Å². The van der Waals surface area contributed by atoms with Crippen molar-refractivity contribution in [1.29, 1.82) is 0 Å². The lowest BCUT2D eigenvalue weighted by molar-refractivity contribution is 1.60. The van der Waals surface area contributed by atoms with Crippen LogP contribution in [0.4, 0.5) is 0 Å². The van der Waals surface area contributed by atoms with Crippen molar-refractivity contribution in [3.63, 3.8) is 0 Å². The summed E-state index contributed by atoms with van der Waals surface area (Å²) in [5.74, 6) is 0. The third-order valence-electron chi connectivity index (χ3n) is 9.69. The smallest absolute Gasteiger partial charge is 0.00199 e. The van der Waals surface area contributed by atoms with Gasteiger partial charge in [-0.25, -0.2) is 0 Å². The summed E-state index contributed by atoms with van der Waals surface area (Å²) >= 11 is 0. The molecule has 0 aromatic heterocycles. The van der Waals surface area contributed by atoms with Gasteiger partial charge in [-0.05, 0) is 94.0 Å². The maximum Gasteiger partial charge on any atom is -0.00199 e. The number of hydrogen-bond donors (Lipinski definition) is 0. The van der Waals surface area contributed by atoms with Crippen LogP contribution in [0.1, 0.15) is 0 Å². The van der Waals surface area contributed by atoms with Gasteiger partial charge in [0.2, 0.25) is 0 Å². The second-order valence-electron chi connectivity index (χ2n) is 12.5. The van der Waals surface area contributed by atoms with E-state index in [4.69, 9.17) is 0 Å². The molecule has 0 amide bonds. The molecule has 0 bridgehead atoms. The van der Waals surface area contributed by atoms with Gasteiger partial charge >= 0.3 is 0 Å². The molecule has 0 fully saturated rings. The summed E-state index contributed by atoms with van der Waals surface area (Å²) < 4.78 is 0. The molecular weight excluding hydrogens is 577 g/mol. The minimum atomic E-state index is 1.21. The van der Waals surface area contributed by atoms with Crippen LogP contribution in [0.3, 0.4) is 0 Å². The molecule has 0 unspecified atom stereocenters. The fourth-order valence-corrected chi connectivity index (χ4v) is 7.35. The van der Waals surface area contributed by atoms with Crippen molar-refractivity contribution >= 4 is 32.3 Å². The number of hydrogen-bond acceptors (Lipinski definition) is 0. The number of benzene rings is 9. The van der Waals surface area contributed by atoms with Gasteiger partial charge < -0.3 is 0 Å². The fourth-order valence-electron chi connectivity index (χ4n) is 7.35. The van der Waals surface area contributed by atoms with E-state index in [0.29, 0.717) is 0 Å². The van der Waals surface area contributed by atoms with Gasteiger partial charge in [0.05, 0.1) is 0 Å². The van der Waals surface area contributed by atoms with Crippen LogP contribution >= 0.6 is 0 Å². The highest BCUT2D eigenvalue weighted by molar-refractivity contribution is 6.24. The Hall–Kier alpha value is -6.24. The van der Waals surface area contributed by atoms with Crippen molar-refractivity contribution in [3.8, 4) is 55.6 Å². The summed E-state index contributed by atoms with van der Waals surface area (Å²) in [4.78, 5) is 0. The lowest BCUT2D eigenvalue weighted by Crippen LogP contribution is -1.92. The van der Waals surface area contributed by atoms with Gasteiger partial charge in [-0.15, -0.1) is 0 Å². The highest BCUT2D eigenvalue weighted by Gasteiger charge is 2.19. The molecule has 0 saturated carbocycles.